The number of hydrogen-bond acceptors (Lipinski definition) is 5. The highest BCUT2D eigenvalue weighted by Gasteiger charge is 2.36. The SMILES string of the molecule is C=C(/C(=C\N(N)c1ccc(F)cc1)C1OCC(=O)N1CCc1ccc2[nH]c(=O)[nH]c2c1)c1ccc(F)cc1. The van der Waals surface area contributed by atoms with E-state index in [1.54, 1.807) is 29.3 Å². The standard InChI is InChI=1S/C28H25F2N5O3/c1-17(19-3-5-20(29)6-4-19)23(15-35(31)22-9-7-21(30)8-10-22)27-34(26(36)16-38-27)13-12-18-2-11-24-25(14-18)33-28(37)32-24/h2-11,14-15,27H,1,12-13,16,31H2,(H2,32,33,37)/b23-15+. The van der Waals surface area contributed by atoms with Crippen molar-refractivity contribution >= 4 is 28.2 Å². The normalized spacial score (nSPS) is 15.9. The molecule has 194 valence electrons. The Labute approximate surface area is 216 Å². The fourth-order valence-electron chi connectivity index (χ4n) is 4.38. The molecule has 10 heteroatoms. The summed E-state index contributed by atoms with van der Waals surface area (Å²) in [5.41, 5.74) is 4.09. The molecule has 3 aromatic carbocycles. The number of anilines is 1. The molecule has 8 nitrogen and oxygen atoms in total. The zero-order chi connectivity index (χ0) is 26.8. The number of rotatable bonds is 8. The topological polar surface area (TPSA) is 107 Å². The van der Waals surface area contributed by atoms with E-state index in [9.17, 15) is 18.4 Å². The van der Waals surface area contributed by atoms with Crippen molar-refractivity contribution < 1.29 is 18.3 Å². The van der Waals surface area contributed by atoms with Gasteiger partial charge < -0.3 is 19.6 Å². The van der Waals surface area contributed by atoms with Gasteiger partial charge in [-0.15, -0.1) is 0 Å². The molecule has 0 spiro atoms. The maximum atomic E-state index is 13.6. The molecule has 0 saturated carbocycles. The lowest BCUT2D eigenvalue weighted by atomic mass is 9.98. The number of nitrogens with one attached hydrogen (secondary N) is 2. The quantitative estimate of drug-likeness (QED) is 0.187. The first-order valence-corrected chi connectivity index (χ1v) is 11.9. The van der Waals surface area contributed by atoms with Crippen LogP contribution in [-0.4, -0.2) is 40.2 Å². The summed E-state index contributed by atoms with van der Waals surface area (Å²) in [5.74, 6) is 5.28. The van der Waals surface area contributed by atoms with Gasteiger partial charge in [0.15, 0.2) is 6.23 Å². The van der Waals surface area contributed by atoms with E-state index in [-0.39, 0.29) is 18.2 Å². The fraction of sp³-hybridized carbons (Fsp3) is 0.143. The van der Waals surface area contributed by atoms with E-state index in [1.165, 1.54) is 41.4 Å². The van der Waals surface area contributed by atoms with Crippen molar-refractivity contribution in [2.24, 2.45) is 5.84 Å². The summed E-state index contributed by atoms with van der Waals surface area (Å²) in [6.45, 7) is 4.37. The molecule has 1 amide bonds. The molecule has 1 aliphatic rings. The Morgan fingerprint density at radius 3 is 2.39 bits per heavy atom. The van der Waals surface area contributed by atoms with Gasteiger partial charge >= 0.3 is 5.69 Å². The predicted octanol–water partition coefficient (Wildman–Crippen LogP) is 3.84. The molecule has 4 aromatic rings. The van der Waals surface area contributed by atoms with Crippen molar-refractivity contribution in [1.82, 2.24) is 14.9 Å². The second kappa shape index (κ2) is 10.4. The number of aromatic nitrogens is 2. The van der Waals surface area contributed by atoms with Crippen molar-refractivity contribution in [3.8, 4) is 0 Å². The molecule has 2 heterocycles. The summed E-state index contributed by atoms with van der Waals surface area (Å²) in [4.78, 5) is 31.5. The van der Waals surface area contributed by atoms with Crippen LogP contribution in [0.3, 0.4) is 0 Å². The number of nitrogens with two attached hydrogens (primary N) is 1. The second-order valence-electron chi connectivity index (χ2n) is 8.91. The number of halogens is 2. The average Bonchev–Trinajstić information content (AvgIpc) is 3.46. The van der Waals surface area contributed by atoms with Gasteiger partial charge in [-0.1, -0.05) is 24.8 Å². The third-order valence-electron chi connectivity index (χ3n) is 6.40. The van der Waals surface area contributed by atoms with Crippen LogP contribution >= 0.6 is 0 Å². The smallest absolute Gasteiger partial charge is 0.323 e. The van der Waals surface area contributed by atoms with E-state index in [4.69, 9.17) is 10.6 Å². The Kier molecular flexibility index (Phi) is 6.91. The van der Waals surface area contributed by atoms with Crippen molar-refractivity contribution in [2.75, 3.05) is 18.2 Å². The highest BCUT2D eigenvalue weighted by molar-refractivity contribution is 5.84. The lowest BCUT2D eigenvalue weighted by molar-refractivity contribution is -0.127. The third-order valence-corrected chi connectivity index (χ3v) is 6.40. The minimum Gasteiger partial charge on any atom is -0.344 e. The minimum atomic E-state index is -0.817. The largest absolute Gasteiger partial charge is 0.344 e. The molecule has 1 aliphatic heterocycles. The molecule has 38 heavy (non-hydrogen) atoms. The first-order chi connectivity index (χ1) is 18.3. The van der Waals surface area contributed by atoms with Gasteiger partial charge in [-0.3, -0.25) is 9.80 Å². The number of imidazole rings is 1. The second-order valence-corrected chi connectivity index (χ2v) is 8.91. The van der Waals surface area contributed by atoms with Crippen LogP contribution < -0.4 is 16.5 Å². The molecular weight excluding hydrogens is 492 g/mol. The van der Waals surface area contributed by atoms with E-state index in [2.05, 4.69) is 16.5 Å². The van der Waals surface area contributed by atoms with Gasteiger partial charge in [0.25, 0.3) is 5.91 Å². The molecule has 0 radical (unpaired) electrons. The van der Waals surface area contributed by atoms with Crippen LogP contribution in [0.5, 0.6) is 0 Å². The van der Waals surface area contributed by atoms with Gasteiger partial charge in [0.1, 0.15) is 18.2 Å². The number of ether oxygens (including phenoxy) is 1. The average molecular weight is 518 g/mol. The Morgan fingerprint density at radius 2 is 1.68 bits per heavy atom. The lowest BCUT2D eigenvalue weighted by Crippen LogP contribution is -2.38. The fourth-order valence-corrected chi connectivity index (χ4v) is 4.38. The van der Waals surface area contributed by atoms with Crippen LogP contribution in [0.2, 0.25) is 0 Å². The molecule has 4 N–H and O–H groups in total. The first-order valence-electron chi connectivity index (χ1n) is 11.9. The summed E-state index contributed by atoms with van der Waals surface area (Å²) in [6.07, 6.45) is 1.25. The minimum absolute atomic E-state index is 0.135. The Bertz CT molecular complexity index is 1570. The van der Waals surface area contributed by atoms with Gasteiger partial charge in [-0.05, 0) is 71.7 Å². The van der Waals surface area contributed by atoms with Crippen LogP contribution in [0.4, 0.5) is 14.5 Å². The Hall–Kier alpha value is -4.54. The van der Waals surface area contributed by atoms with Crippen molar-refractivity contribution in [2.45, 2.75) is 12.6 Å². The maximum absolute atomic E-state index is 13.6. The van der Waals surface area contributed by atoms with Gasteiger partial charge in [0, 0.05) is 18.3 Å². The predicted molar refractivity (Wildman–Crippen MR) is 141 cm³/mol. The number of fused-ring (bicyclic) bond motifs is 1. The highest BCUT2D eigenvalue weighted by atomic mass is 19.1. The van der Waals surface area contributed by atoms with Crippen LogP contribution in [0.25, 0.3) is 16.6 Å². The zero-order valence-electron chi connectivity index (χ0n) is 20.3. The van der Waals surface area contributed by atoms with E-state index in [0.29, 0.717) is 46.4 Å². The highest BCUT2D eigenvalue weighted by Crippen LogP contribution is 2.31. The summed E-state index contributed by atoms with van der Waals surface area (Å²) >= 11 is 0. The van der Waals surface area contributed by atoms with Crippen LogP contribution in [0.1, 0.15) is 11.1 Å². The van der Waals surface area contributed by atoms with Crippen LogP contribution in [0.15, 0.2) is 89.9 Å². The molecule has 1 saturated heterocycles. The lowest BCUT2D eigenvalue weighted by Gasteiger charge is -2.28. The maximum Gasteiger partial charge on any atom is 0.323 e. The Balaban J connectivity index is 1.45. The zero-order valence-corrected chi connectivity index (χ0v) is 20.3. The van der Waals surface area contributed by atoms with Gasteiger partial charge in [-0.25, -0.2) is 19.4 Å². The van der Waals surface area contributed by atoms with Gasteiger partial charge in [-0.2, -0.15) is 0 Å². The summed E-state index contributed by atoms with van der Waals surface area (Å²) in [7, 11) is 0. The number of amides is 1. The third kappa shape index (κ3) is 5.26. The molecule has 1 atom stereocenters. The molecule has 0 aliphatic carbocycles. The number of nitrogens with zero attached hydrogens (tertiary/aromatic N) is 2. The number of hydrogen-bond donors (Lipinski definition) is 3. The Morgan fingerprint density at radius 1 is 1.03 bits per heavy atom. The first kappa shape index (κ1) is 25.1. The summed E-state index contributed by atoms with van der Waals surface area (Å²) in [6, 6.07) is 16.9. The van der Waals surface area contributed by atoms with E-state index in [0.717, 1.165) is 5.56 Å². The number of aromatic amines is 2. The molecule has 1 unspecified atom stereocenters. The number of benzene rings is 3. The molecular formula is C28H25F2N5O3. The van der Waals surface area contributed by atoms with E-state index < -0.39 is 17.9 Å². The number of carbonyl (C=O) groups is 1. The van der Waals surface area contributed by atoms with Crippen molar-refractivity contribution in [3.05, 3.63) is 118 Å². The van der Waals surface area contributed by atoms with Gasteiger partial charge in [0.2, 0.25) is 0 Å². The van der Waals surface area contributed by atoms with Gasteiger partial charge in [0.05, 0.1) is 16.7 Å². The van der Waals surface area contributed by atoms with E-state index in [1.807, 2.05) is 12.1 Å². The molecule has 1 aromatic heterocycles. The van der Waals surface area contributed by atoms with Crippen LogP contribution in [0, 0.1) is 11.6 Å². The molecule has 0 bridgehead atoms. The molecule has 1 fully saturated rings. The van der Waals surface area contributed by atoms with Crippen molar-refractivity contribution in [3.63, 3.8) is 0 Å². The number of carbonyl (C=O) groups excluding carboxylic acids is 1. The molecule has 5 rings (SSSR count). The summed E-state index contributed by atoms with van der Waals surface area (Å²) < 4.78 is 32.9. The number of H-pyrrole nitrogens is 2. The summed E-state index contributed by atoms with van der Waals surface area (Å²) in [5, 5.41) is 1.30. The van der Waals surface area contributed by atoms with Crippen LogP contribution in [-0.2, 0) is 16.0 Å². The van der Waals surface area contributed by atoms with Crippen molar-refractivity contribution in [1.29, 1.82) is 0 Å². The van der Waals surface area contributed by atoms with E-state index >= 15 is 0 Å². The monoisotopic (exact) mass is 517 g/mol. The number of hydrazine groups is 1.